The fourth-order valence-corrected chi connectivity index (χ4v) is 4.62. The Bertz CT molecular complexity index is 715. The molecular formula is C21H33N3O5. The highest BCUT2D eigenvalue weighted by Gasteiger charge is 2.62. The summed E-state index contributed by atoms with van der Waals surface area (Å²) < 4.78 is 5.40. The van der Waals surface area contributed by atoms with E-state index in [-0.39, 0.29) is 31.2 Å². The molecule has 2 aliphatic heterocycles. The van der Waals surface area contributed by atoms with Crippen LogP contribution in [0.1, 0.15) is 67.2 Å². The zero-order valence-corrected chi connectivity index (χ0v) is 18.3. The molecule has 1 N–H and O–H groups in total. The van der Waals surface area contributed by atoms with Crippen LogP contribution >= 0.6 is 0 Å². The van der Waals surface area contributed by atoms with Gasteiger partial charge in [0.15, 0.2) is 0 Å². The molecule has 0 spiro atoms. The number of hydrogen-bond acceptors (Lipinski definition) is 5. The molecule has 0 bridgehead atoms. The maximum Gasteiger partial charge on any atom is 0.408 e. The van der Waals surface area contributed by atoms with Gasteiger partial charge in [-0.3, -0.25) is 14.5 Å². The van der Waals surface area contributed by atoms with Crippen LogP contribution in [0.2, 0.25) is 0 Å². The Morgan fingerprint density at radius 1 is 1.21 bits per heavy atom. The number of rotatable bonds is 3. The van der Waals surface area contributed by atoms with Gasteiger partial charge in [0.05, 0.1) is 12.5 Å². The Labute approximate surface area is 172 Å². The first kappa shape index (κ1) is 23.0. The first-order chi connectivity index (χ1) is 13.2. The summed E-state index contributed by atoms with van der Waals surface area (Å²) in [5.74, 6) is -1.06. The Kier molecular flexibility index (Phi) is 6.22. The Morgan fingerprint density at radius 3 is 2.31 bits per heavy atom. The molecule has 0 aromatic carbocycles. The van der Waals surface area contributed by atoms with Crippen LogP contribution in [-0.2, 0) is 14.3 Å². The van der Waals surface area contributed by atoms with Gasteiger partial charge < -0.3 is 14.7 Å². The van der Waals surface area contributed by atoms with E-state index in [2.05, 4.69) is 6.07 Å². The van der Waals surface area contributed by atoms with E-state index in [0.29, 0.717) is 13.0 Å². The second-order valence-corrected chi connectivity index (χ2v) is 10.1. The van der Waals surface area contributed by atoms with Gasteiger partial charge in [-0.15, -0.1) is 0 Å². The quantitative estimate of drug-likeness (QED) is 0.720. The molecule has 2 fully saturated rings. The Balaban J connectivity index is 2.38. The van der Waals surface area contributed by atoms with Gasteiger partial charge in [-0.05, 0) is 51.4 Å². The van der Waals surface area contributed by atoms with Crippen molar-refractivity contribution in [2.75, 3.05) is 13.1 Å². The summed E-state index contributed by atoms with van der Waals surface area (Å²) in [6, 6.07) is 1.63. The van der Waals surface area contributed by atoms with E-state index < -0.39 is 34.7 Å². The molecule has 0 aromatic rings. The van der Waals surface area contributed by atoms with Gasteiger partial charge >= 0.3 is 12.1 Å². The molecule has 0 radical (unpaired) electrons. The molecule has 0 saturated carbocycles. The summed E-state index contributed by atoms with van der Waals surface area (Å²) in [5, 5.41) is 19.4. The van der Waals surface area contributed by atoms with Gasteiger partial charge in [0, 0.05) is 13.1 Å². The molecular weight excluding hydrogens is 374 g/mol. The lowest BCUT2D eigenvalue weighted by Gasteiger charge is -2.47. The number of ether oxygens (including phenoxy) is 1. The van der Waals surface area contributed by atoms with Gasteiger partial charge in [0.1, 0.15) is 17.2 Å². The number of carboxylic acid groups (broad SMARTS) is 1. The molecule has 8 nitrogen and oxygen atoms in total. The van der Waals surface area contributed by atoms with Crippen LogP contribution in [0.25, 0.3) is 0 Å². The van der Waals surface area contributed by atoms with Crippen LogP contribution in [0.15, 0.2) is 0 Å². The van der Waals surface area contributed by atoms with Crippen LogP contribution in [0.5, 0.6) is 0 Å². The normalized spacial score (nSPS) is 27.6. The molecule has 2 amide bonds. The highest BCUT2D eigenvalue weighted by molar-refractivity contribution is 5.92. The standard InChI is InChI=1S/C21H33N3O5/c1-19(2,3)21(17(26)23-9-7-8-15(23)12-22)11-14(13-24(21)18(27)28)10-16(25)29-20(4,5)6/h14-15H,7-11,13H2,1-6H3,(H,27,28)/t14-,15-,21-/m0/s1. The third kappa shape index (κ3) is 4.49. The van der Waals surface area contributed by atoms with Crippen molar-refractivity contribution >= 4 is 18.0 Å². The molecule has 0 aliphatic carbocycles. The maximum absolute atomic E-state index is 13.7. The third-order valence-electron chi connectivity index (χ3n) is 5.85. The third-order valence-corrected chi connectivity index (χ3v) is 5.85. The van der Waals surface area contributed by atoms with Crippen LogP contribution in [-0.4, -0.2) is 63.1 Å². The zero-order chi connectivity index (χ0) is 22.2. The van der Waals surface area contributed by atoms with Crippen molar-refractivity contribution in [1.29, 1.82) is 5.26 Å². The Hall–Kier alpha value is -2.30. The van der Waals surface area contributed by atoms with Gasteiger partial charge in [-0.2, -0.15) is 5.26 Å². The molecule has 29 heavy (non-hydrogen) atoms. The first-order valence-electron chi connectivity index (χ1n) is 10.2. The monoisotopic (exact) mass is 407 g/mol. The molecule has 2 saturated heterocycles. The molecule has 2 rings (SSSR count). The van der Waals surface area contributed by atoms with Gasteiger partial charge in [0.2, 0.25) is 5.91 Å². The summed E-state index contributed by atoms with van der Waals surface area (Å²) in [6.07, 6.45) is 0.409. The molecule has 8 heteroatoms. The molecule has 2 aliphatic rings. The molecule has 2 heterocycles. The van der Waals surface area contributed by atoms with Crippen molar-refractivity contribution in [2.24, 2.45) is 11.3 Å². The van der Waals surface area contributed by atoms with Crippen molar-refractivity contribution in [2.45, 2.75) is 84.4 Å². The van der Waals surface area contributed by atoms with E-state index in [4.69, 9.17) is 4.74 Å². The average Bonchev–Trinajstić information content (AvgIpc) is 3.16. The van der Waals surface area contributed by atoms with E-state index in [0.717, 1.165) is 6.42 Å². The fourth-order valence-electron chi connectivity index (χ4n) is 4.62. The summed E-state index contributed by atoms with van der Waals surface area (Å²) in [6.45, 7) is 11.4. The molecule has 0 unspecified atom stereocenters. The van der Waals surface area contributed by atoms with E-state index >= 15 is 0 Å². The highest BCUT2D eigenvalue weighted by Crippen LogP contribution is 2.48. The van der Waals surface area contributed by atoms with E-state index in [1.807, 2.05) is 20.8 Å². The number of carbonyl (C=O) groups is 3. The second-order valence-electron chi connectivity index (χ2n) is 10.1. The lowest BCUT2D eigenvalue weighted by atomic mass is 9.69. The minimum Gasteiger partial charge on any atom is -0.465 e. The molecule has 3 atom stereocenters. The van der Waals surface area contributed by atoms with Gasteiger partial charge in [-0.25, -0.2) is 4.79 Å². The number of nitrogens with zero attached hydrogens (tertiary/aromatic N) is 3. The minimum absolute atomic E-state index is 0.0494. The number of esters is 1. The van der Waals surface area contributed by atoms with Crippen LogP contribution in [0.4, 0.5) is 4.79 Å². The molecule has 162 valence electrons. The van der Waals surface area contributed by atoms with Crippen molar-refractivity contribution in [3.8, 4) is 6.07 Å². The maximum atomic E-state index is 13.7. The van der Waals surface area contributed by atoms with E-state index in [1.165, 1.54) is 9.80 Å². The predicted molar refractivity (Wildman–Crippen MR) is 106 cm³/mol. The van der Waals surface area contributed by atoms with Crippen LogP contribution < -0.4 is 0 Å². The summed E-state index contributed by atoms with van der Waals surface area (Å²) in [4.78, 5) is 40.9. The van der Waals surface area contributed by atoms with Crippen molar-refractivity contribution < 1.29 is 24.2 Å². The number of carbonyl (C=O) groups excluding carboxylic acids is 2. The SMILES string of the molecule is CC(C)(C)OC(=O)C[C@@H]1CN(C(=O)O)[C@@](C(=O)N2CCC[C@H]2C#N)(C(C)(C)C)C1. The summed E-state index contributed by atoms with van der Waals surface area (Å²) >= 11 is 0. The molecule has 0 aromatic heterocycles. The van der Waals surface area contributed by atoms with Gasteiger partial charge in [-0.1, -0.05) is 20.8 Å². The second kappa shape index (κ2) is 7.85. The summed E-state index contributed by atoms with van der Waals surface area (Å²) in [7, 11) is 0. The minimum atomic E-state index is -1.33. The van der Waals surface area contributed by atoms with Crippen LogP contribution in [0.3, 0.4) is 0 Å². The van der Waals surface area contributed by atoms with Crippen LogP contribution in [0, 0.1) is 22.7 Å². The number of nitriles is 1. The van der Waals surface area contributed by atoms with Crippen molar-refractivity contribution in [3.05, 3.63) is 0 Å². The Morgan fingerprint density at radius 2 is 1.83 bits per heavy atom. The van der Waals surface area contributed by atoms with E-state index in [1.54, 1.807) is 20.8 Å². The lowest BCUT2D eigenvalue weighted by Crippen LogP contribution is -2.65. The largest absolute Gasteiger partial charge is 0.465 e. The van der Waals surface area contributed by atoms with Crippen molar-refractivity contribution in [3.63, 3.8) is 0 Å². The summed E-state index contributed by atoms with van der Waals surface area (Å²) in [5.41, 5.74) is -2.67. The predicted octanol–water partition coefficient (Wildman–Crippen LogP) is 3.02. The number of amides is 2. The zero-order valence-electron chi connectivity index (χ0n) is 18.3. The van der Waals surface area contributed by atoms with E-state index in [9.17, 15) is 24.8 Å². The highest BCUT2D eigenvalue weighted by atomic mass is 16.6. The van der Waals surface area contributed by atoms with Crippen molar-refractivity contribution in [1.82, 2.24) is 9.80 Å². The topological polar surface area (TPSA) is 111 Å². The average molecular weight is 408 g/mol. The number of hydrogen-bond donors (Lipinski definition) is 1. The fraction of sp³-hybridized carbons (Fsp3) is 0.810. The lowest BCUT2D eigenvalue weighted by molar-refractivity contribution is -0.156. The first-order valence-corrected chi connectivity index (χ1v) is 10.2. The number of likely N-dealkylation sites (tertiary alicyclic amines) is 2. The smallest absolute Gasteiger partial charge is 0.408 e. The van der Waals surface area contributed by atoms with Gasteiger partial charge in [0.25, 0.3) is 0 Å².